The number of hydrogen-bond donors (Lipinski definition) is 2. The van der Waals surface area contributed by atoms with Crippen LogP contribution < -0.4 is 19.5 Å². The molecular formula is C24H21N3O5S2. The molecule has 0 atom stereocenters. The van der Waals surface area contributed by atoms with Gasteiger partial charge < -0.3 is 9.47 Å². The van der Waals surface area contributed by atoms with Gasteiger partial charge in [0.25, 0.3) is 15.9 Å². The third-order valence-electron chi connectivity index (χ3n) is 4.87. The molecular weight excluding hydrogens is 474 g/mol. The van der Waals surface area contributed by atoms with Crippen LogP contribution in [0.3, 0.4) is 0 Å². The van der Waals surface area contributed by atoms with Crippen LogP contribution in [0.2, 0.25) is 0 Å². The number of hydrogen-bond acceptors (Lipinski definition) is 7. The first-order valence-electron chi connectivity index (χ1n) is 10.1. The molecule has 0 radical (unpaired) electrons. The number of benzene rings is 3. The first kappa shape index (κ1) is 23.3. The lowest BCUT2D eigenvalue weighted by Gasteiger charge is -2.12. The van der Waals surface area contributed by atoms with Crippen molar-refractivity contribution in [2.75, 3.05) is 24.3 Å². The van der Waals surface area contributed by atoms with Gasteiger partial charge in [0.1, 0.15) is 11.5 Å². The van der Waals surface area contributed by atoms with E-state index in [1.807, 2.05) is 29.6 Å². The summed E-state index contributed by atoms with van der Waals surface area (Å²) in [5.41, 5.74) is 2.08. The minimum absolute atomic E-state index is 0.0517. The van der Waals surface area contributed by atoms with Crippen LogP contribution in [0.1, 0.15) is 10.4 Å². The maximum atomic E-state index is 12.9. The van der Waals surface area contributed by atoms with E-state index in [1.54, 1.807) is 31.4 Å². The third kappa shape index (κ3) is 5.19. The monoisotopic (exact) mass is 495 g/mol. The Kier molecular flexibility index (Phi) is 6.80. The van der Waals surface area contributed by atoms with E-state index in [2.05, 4.69) is 15.0 Å². The van der Waals surface area contributed by atoms with Crippen LogP contribution >= 0.6 is 11.3 Å². The standard InChI is InChI=1S/C24H21N3O5S2/c1-31-18-12-10-16(11-13-18)21-15-33-24(25-21)26-23(28)17-6-5-7-19(14-17)34(29,30)27-20-8-3-4-9-22(20)32-2/h3-15,27H,1-2H3,(H,25,26,28). The quantitative estimate of drug-likeness (QED) is 0.361. The first-order chi connectivity index (χ1) is 16.4. The minimum Gasteiger partial charge on any atom is -0.497 e. The fraction of sp³-hybridized carbons (Fsp3) is 0.0833. The molecule has 0 fully saturated rings. The summed E-state index contributed by atoms with van der Waals surface area (Å²) in [6, 6.07) is 19.9. The van der Waals surface area contributed by atoms with Gasteiger partial charge in [0.05, 0.1) is 30.5 Å². The summed E-state index contributed by atoms with van der Waals surface area (Å²) in [6.07, 6.45) is 0. The van der Waals surface area contributed by atoms with E-state index in [0.717, 1.165) is 11.3 Å². The molecule has 0 aliphatic heterocycles. The molecule has 174 valence electrons. The number of carbonyl (C=O) groups excluding carboxylic acids is 1. The number of ether oxygens (including phenoxy) is 2. The number of aromatic nitrogens is 1. The predicted molar refractivity (Wildman–Crippen MR) is 132 cm³/mol. The molecule has 0 unspecified atom stereocenters. The molecule has 0 saturated carbocycles. The van der Waals surface area contributed by atoms with Gasteiger partial charge in [-0.15, -0.1) is 11.3 Å². The van der Waals surface area contributed by atoms with Gasteiger partial charge in [-0.3, -0.25) is 14.8 Å². The van der Waals surface area contributed by atoms with E-state index >= 15 is 0 Å². The van der Waals surface area contributed by atoms with Gasteiger partial charge in [-0.25, -0.2) is 13.4 Å². The Balaban J connectivity index is 1.50. The van der Waals surface area contributed by atoms with E-state index < -0.39 is 15.9 Å². The molecule has 0 bridgehead atoms. The highest BCUT2D eigenvalue weighted by Crippen LogP contribution is 2.28. The molecule has 8 nitrogen and oxygen atoms in total. The van der Waals surface area contributed by atoms with Crippen molar-refractivity contribution in [1.82, 2.24) is 4.98 Å². The zero-order chi connectivity index (χ0) is 24.1. The molecule has 10 heteroatoms. The number of amides is 1. The SMILES string of the molecule is COc1ccc(-c2csc(NC(=O)c3cccc(S(=O)(=O)Nc4ccccc4OC)c3)n2)cc1. The molecule has 0 aliphatic rings. The fourth-order valence-electron chi connectivity index (χ4n) is 3.13. The van der Waals surface area contributed by atoms with Crippen LogP contribution in [0, 0.1) is 0 Å². The van der Waals surface area contributed by atoms with E-state index in [4.69, 9.17) is 9.47 Å². The molecule has 3 aromatic carbocycles. The number of nitrogens with zero attached hydrogens (tertiary/aromatic N) is 1. The van der Waals surface area contributed by atoms with Crippen molar-refractivity contribution < 1.29 is 22.7 Å². The van der Waals surface area contributed by atoms with Crippen LogP contribution in [-0.4, -0.2) is 33.5 Å². The van der Waals surface area contributed by atoms with Gasteiger partial charge in [0.2, 0.25) is 0 Å². The predicted octanol–water partition coefficient (Wildman–Crippen LogP) is 4.88. The molecule has 0 saturated heterocycles. The summed E-state index contributed by atoms with van der Waals surface area (Å²) in [5.74, 6) is 0.656. The number of sulfonamides is 1. The fourth-order valence-corrected chi connectivity index (χ4v) is 4.96. The largest absolute Gasteiger partial charge is 0.497 e. The van der Waals surface area contributed by atoms with E-state index in [0.29, 0.717) is 22.3 Å². The summed E-state index contributed by atoms with van der Waals surface area (Å²) in [5, 5.41) is 4.95. The molecule has 4 aromatic rings. The van der Waals surface area contributed by atoms with Gasteiger partial charge in [-0.1, -0.05) is 18.2 Å². The average molecular weight is 496 g/mol. The lowest BCUT2D eigenvalue weighted by molar-refractivity contribution is 0.102. The molecule has 4 rings (SSSR count). The lowest BCUT2D eigenvalue weighted by atomic mass is 10.2. The number of methoxy groups -OCH3 is 2. The highest BCUT2D eigenvalue weighted by atomic mass is 32.2. The van der Waals surface area contributed by atoms with Gasteiger partial charge in [0.15, 0.2) is 5.13 Å². The second kappa shape index (κ2) is 9.94. The zero-order valence-electron chi connectivity index (χ0n) is 18.3. The van der Waals surface area contributed by atoms with Gasteiger partial charge in [-0.2, -0.15) is 0 Å². The number of nitrogens with one attached hydrogen (secondary N) is 2. The Morgan fingerprint density at radius 1 is 0.941 bits per heavy atom. The van der Waals surface area contributed by atoms with Gasteiger partial charge in [-0.05, 0) is 54.6 Å². The molecule has 0 aliphatic carbocycles. The Bertz CT molecular complexity index is 1420. The van der Waals surface area contributed by atoms with E-state index in [-0.39, 0.29) is 10.5 Å². The third-order valence-corrected chi connectivity index (χ3v) is 6.99. The van der Waals surface area contributed by atoms with Crippen molar-refractivity contribution in [3.63, 3.8) is 0 Å². The average Bonchev–Trinajstić information content (AvgIpc) is 3.32. The molecule has 1 aromatic heterocycles. The van der Waals surface area contributed by atoms with E-state index in [1.165, 1.54) is 42.7 Å². The van der Waals surface area contributed by atoms with Crippen LogP contribution in [-0.2, 0) is 10.0 Å². The van der Waals surface area contributed by atoms with Crippen LogP contribution in [0.4, 0.5) is 10.8 Å². The highest BCUT2D eigenvalue weighted by molar-refractivity contribution is 7.92. The Labute approximate surface area is 201 Å². The summed E-state index contributed by atoms with van der Waals surface area (Å²) < 4.78 is 38.6. The van der Waals surface area contributed by atoms with Crippen molar-refractivity contribution in [3.05, 3.63) is 83.7 Å². The van der Waals surface area contributed by atoms with Gasteiger partial charge in [0, 0.05) is 16.5 Å². The summed E-state index contributed by atoms with van der Waals surface area (Å²) in [7, 11) is -0.893. The minimum atomic E-state index is -3.95. The summed E-state index contributed by atoms with van der Waals surface area (Å²) in [4.78, 5) is 17.2. The first-order valence-corrected chi connectivity index (χ1v) is 12.4. The lowest BCUT2D eigenvalue weighted by Crippen LogP contribution is -2.16. The topological polar surface area (TPSA) is 107 Å². The number of para-hydroxylation sites is 2. The maximum absolute atomic E-state index is 12.9. The van der Waals surface area contributed by atoms with Crippen molar-refractivity contribution >= 4 is 38.1 Å². The Hall–Kier alpha value is -3.89. The van der Waals surface area contributed by atoms with Crippen LogP contribution in [0.15, 0.2) is 83.1 Å². The molecule has 1 amide bonds. The van der Waals surface area contributed by atoms with E-state index in [9.17, 15) is 13.2 Å². The second-order valence-electron chi connectivity index (χ2n) is 7.05. The summed E-state index contributed by atoms with van der Waals surface area (Å²) in [6.45, 7) is 0. The molecule has 0 spiro atoms. The number of anilines is 2. The second-order valence-corrected chi connectivity index (χ2v) is 9.59. The molecule has 1 heterocycles. The van der Waals surface area contributed by atoms with Crippen LogP contribution in [0.5, 0.6) is 11.5 Å². The van der Waals surface area contributed by atoms with Crippen molar-refractivity contribution in [2.45, 2.75) is 4.90 Å². The van der Waals surface area contributed by atoms with Crippen molar-refractivity contribution in [1.29, 1.82) is 0 Å². The Morgan fingerprint density at radius 3 is 2.44 bits per heavy atom. The number of carbonyl (C=O) groups is 1. The zero-order valence-corrected chi connectivity index (χ0v) is 19.9. The number of rotatable bonds is 8. The summed E-state index contributed by atoms with van der Waals surface area (Å²) >= 11 is 1.27. The van der Waals surface area contributed by atoms with Crippen molar-refractivity contribution in [2.24, 2.45) is 0 Å². The molecule has 34 heavy (non-hydrogen) atoms. The smallest absolute Gasteiger partial charge is 0.262 e. The Morgan fingerprint density at radius 2 is 1.71 bits per heavy atom. The maximum Gasteiger partial charge on any atom is 0.262 e. The van der Waals surface area contributed by atoms with Gasteiger partial charge >= 0.3 is 0 Å². The normalized spacial score (nSPS) is 11.0. The highest BCUT2D eigenvalue weighted by Gasteiger charge is 2.19. The molecule has 2 N–H and O–H groups in total. The van der Waals surface area contributed by atoms with Crippen molar-refractivity contribution in [3.8, 4) is 22.8 Å². The van der Waals surface area contributed by atoms with Crippen LogP contribution in [0.25, 0.3) is 11.3 Å². The number of thiazole rings is 1.